The number of hydrogen-bond acceptors (Lipinski definition) is 11. The van der Waals surface area contributed by atoms with Crippen molar-refractivity contribution in [3.63, 3.8) is 0 Å². The monoisotopic (exact) mass is 473 g/mol. The Morgan fingerprint density at radius 2 is 1.97 bits per heavy atom. The molecule has 33 heavy (non-hydrogen) atoms. The van der Waals surface area contributed by atoms with Crippen molar-refractivity contribution in [2.24, 2.45) is 5.92 Å². The summed E-state index contributed by atoms with van der Waals surface area (Å²) in [6, 6.07) is 1.37. The number of carbonyl (C=O) groups is 1. The topological polar surface area (TPSA) is 165 Å². The fourth-order valence-electron chi connectivity index (χ4n) is 3.97. The maximum absolute atomic E-state index is 11.7. The molecule has 3 heterocycles. The molecule has 0 spiro atoms. The number of thiazole rings is 1. The van der Waals surface area contributed by atoms with Crippen molar-refractivity contribution >= 4 is 39.2 Å². The number of aliphatic hydroxyl groups excluding tert-OH is 3. The van der Waals surface area contributed by atoms with Crippen LogP contribution in [0, 0.1) is 19.8 Å². The number of aromatic nitrogens is 4. The van der Waals surface area contributed by atoms with E-state index in [1.807, 2.05) is 19.9 Å². The molecule has 0 aliphatic heterocycles. The largest absolute Gasteiger partial charge is 0.396 e. The van der Waals surface area contributed by atoms with Gasteiger partial charge in [0.2, 0.25) is 11.9 Å². The van der Waals surface area contributed by atoms with E-state index in [4.69, 9.17) is 4.98 Å². The van der Waals surface area contributed by atoms with Crippen molar-refractivity contribution in [1.29, 1.82) is 0 Å². The predicted molar refractivity (Wildman–Crippen MR) is 125 cm³/mol. The zero-order chi connectivity index (χ0) is 23.7. The summed E-state index contributed by atoms with van der Waals surface area (Å²) in [7, 11) is 1.54. The Balaban J connectivity index is 1.75. The number of fused-ring (bicyclic) bond motifs is 1. The molecule has 1 amide bonds. The van der Waals surface area contributed by atoms with Crippen LogP contribution in [0.5, 0.6) is 0 Å². The molecular weight excluding hydrogens is 446 g/mol. The van der Waals surface area contributed by atoms with Crippen molar-refractivity contribution in [1.82, 2.24) is 25.3 Å². The van der Waals surface area contributed by atoms with Crippen molar-refractivity contribution in [2.45, 2.75) is 38.5 Å². The second-order valence-corrected chi connectivity index (χ2v) is 9.09. The zero-order valence-electron chi connectivity index (χ0n) is 18.5. The van der Waals surface area contributed by atoms with Crippen LogP contribution in [0.15, 0.2) is 12.3 Å². The highest BCUT2D eigenvalue weighted by Gasteiger charge is 2.41. The minimum Gasteiger partial charge on any atom is -0.396 e. The molecule has 1 aliphatic carbocycles. The molecule has 1 fully saturated rings. The van der Waals surface area contributed by atoms with E-state index in [-0.39, 0.29) is 25.0 Å². The Labute approximate surface area is 194 Å². The van der Waals surface area contributed by atoms with Crippen LogP contribution in [0.25, 0.3) is 20.8 Å². The normalized spacial score (nSPS) is 22.5. The second kappa shape index (κ2) is 9.51. The molecule has 0 radical (unpaired) electrons. The molecule has 0 saturated heterocycles. The lowest BCUT2D eigenvalue weighted by atomic mass is 10.1. The van der Waals surface area contributed by atoms with E-state index in [0.29, 0.717) is 28.5 Å². The van der Waals surface area contributed by atoms with E-state index in [1.54, 1.807) is 13.2 Å². The van der Waals surface area contributed by atoms with Gasteiger partial charge in [0.05, 0.1) is 40.3 Å². The van der Waals surface area contributed by atoms with Gasteiger partial charge in [-0.05, 0) is 26.3 Å². The van der Waals surface area contributed by atoms with Gasteiger partial charge in [-0.1, -0.05) is 0 Å². The van der Waals surface area contributed by atoms with E-state index < -0.39 is 24.2 Å². The Kier molecular flexibility index (Phi) is 6.70. The number of aliphatic hydroxyl groups is 3. The third-order valence-corrected chi connectivity index (χ3v) is 6.88. The number of amides is 1. The van der Waals surface area contributed by atoms with Crippen LogP contribution < -0.4 is 16.0 Å². The first-order valence-electron chi connectivity index (χ1n) is 10.6. The van der Waals surface area contributed by atoms with Crippen molar-refractivity contribution < 1.29 is 20.1 Å². The number of aryl methyl sites for hydroxylation is 2. The minimum absolute atomic E-state index is 0.00190. The fraction of sp³-hybridized carbons (Fsp3) is 0.476. The summed E-state index contributed by atoms with van der Waals surface area (Å²) in [6.07, 6.45) is -0.0139. The summed E-state index contributed by atoms with van der Waals surface area (Å²) >= 11 is 1.48. The van der Waals surface area contributed by atoms with E-state index >= 15 is 0 Å². The summed E-state index contributed by atoms with van der Waals surface area (Å²) in [6.45, 7) is 3.49. The standard InChI is InChI=1S/C21H27N7O4S/c1-9-15(20-27-16-10(2)23-5-4-13(16)33-20)19(28-21(25-9)24-7-14(30)22-3)26-12-6-11(8-29)17(31)18(12)32/h4-5,11-12,17-18,29,31-32H,6-8H2,1-3H3,(H,22,30)(H2,24,25,26,28)/t11-,12-,17-,18+/m1/s1. The average Bonchev–Trinajstić information content (AvgIpc) is 3.34. The van der Waals surface area contributed by atoms with Gasteiger partial charge in [-0.15, -0.1) is 11.3 Å². The molecule has 11 nitrogen and oxygen atoms in total. The number of nitrogens with one attached hydrogen (secondary N) is 3. The number of carbonyl (C=O) groups excluding carboxylic acids is 1. The summed E-state index contributed by atoms with van der Waals surface area (Å²) in [5.41, 5.74) is 2.90. The van der Waals surface area contributed by atoms with Gasteiger partial charge in [0.15, 0.2) is 0 Å². The highest BCUT2D eigenvalue weighted by atomic mass is 32.1. The van der Waals surface area contributed by atoms with Crippen molar-refractivity contribution in [2.75, 3.05) is 30.8 Å². The second-order valence-electron chi connectivity index (χ2n) is 8.06. The maximum atomic E-state index is 11.7. The van der Waals surface area contributed by atoms with Crippen LogP contribution in [0.2, 0.25) is 0 Å². The zero-order valence-corrected chi connectivity index (χ0v) is 19.3. The summed E-state index contributed by atoms with van der Waals surface area (Å²) in [5, 5.41) is 39.6. The van der Waals surface area contributed by atoms with Crippen LogP contribution in [0.4, 0.5) is 11.8 Å². The molecule has 4 rings (SSSR count). The third-order valence-electron chi connectivity index (χ3n) is 5.84. The van der Waals surface area contributed by atoms with Crippen LogP contribution in [0.1, 0.15) is 17.8 Å². The van der Waals surface area contributed by atoms with E-state index in [0.717, 1.165) is 15.9 Å². The van der Waals surface area contributed by atoms with Gasteiger partial charge in [0.25, 0.3) is 0 Å². The van der Waals surface area contributed by atoms with E-state index in [1.165, 1.54) is 11.3 Å². The van der Waals surface area contributed by atoms with Crippen molar-refractivity contribution in [3.8, 4) is 10.6 Å². The highest BCUT2D eigenvalue weighted by molar-refractivity contribution is 7.21. The Morgan fingerprint density at radius 1 is 1.18 bits per heavy atom. The molecule has 0 aromatic carbocycles. The Hall–Kier alpha value is -2.93. The number of likely N-dealkylation sites (N-methyl/N-ethyl adjacent to an activating group) is 1. The van der Waals surface area contributed by atoms with Gasteiger partial charge in [-0.25, -0.2) is 9.97 Å². The molecule has 3 aromatic heterocycles. The SMILES string of the molecule is CNC(=O)CNc1nc(C)c(-c2nc3c(C)nccc3s2)c(N[C@@H]2C[C@H](CO)[C@@H](O)[C@H]2O)n1. The molecule has 6 N–H and O–H groups in total. The van der Waals surface area contributed by atoms with Crippen LogP contribution >= 0.6 is 11.3 Å². The van der Waals surface area contributed by atoms with Gasteiger partial charge < -0.3 is 31.3 Å². The molecule has 0 unspecified atom stereocenters. The quantitative estimate of drug-likeness (QED) is 0.283. The smallest absolute Gasteiger partial charge is 0.239 e. The number of hydrogen-bond donors (Lipinski definition) is 6. The molecule has 176 valence electrons. The lowest BCUT2D eigenvalue weighted by Crippen LogP contribution is -2.36. The molecule has 12 heteroatoms. The molecule has 1 saturated carbocycles. The lowest BCUT2D eigenvalue weighted by molar-refractivity contribution is -0.118. The van der Waals surface area contributed by atoms with Crippen LogP contribution in [-0.2, 0) is 4.79 Å². The first-order valence-corrected chi connectivity index (χ1v) is 11.4. The third kappa shape index (κ3) is 4.60. The van der Waals surface area contributed by atoms with Gasteiger partial charge in [-0.2, -0.15) is 4.98 Å². The summed E-state index contributed by atoms with van der Waals surface area (Å²) in [4.78, 5) is 29.8. The number of nitrogens with zero attached hydrogens (tertiary/aromatic N) is 4. The molecule has 1 aliphatic rings. The van der Waals surface area contributed by atoms with Gasteiger partial charge in [0, 0.05) is 25.8 Å². The fourth-order valence-corrected chi connectivity index (χ4v) is 5.08. The van der Waals surface area contributed by atoms with E-state index in [2.05, 4.69) is 30.9 Å². The molecule has 4 atom stereocenters. The minimum atomic E-state index is -1.07. The average molecular weight is 474 g/mol. The van der Waals surface area contributed by atoms with Crippen molar-refractivity contribution in [3.05, 3.63) is 23.7 Å². The number of anilines is 2. The molecule has 3 aromatic rings. The number of rotatable bonds is 7. The molecular formula is C21H27N7O4S. The summed E-state index contributed by atoms with van der Waals surface area (Å²) < 4.78 is 0.973. The highest BCUT2D eigenvalue weighted by Crippen LogP contribution is 2.38. The van der Waals surface area contributed by atoms with Crippen LogP contribution in [-0.4, -0.2) is 79.6 Å². The Bertz CT molecular complexity index is 1170. The maximum Gasteiger partial charge on any atom is 0.239 e. The van der Waals surface area contributed by atoms with Crippen LogP contribution in [0.3, 0.4) is 0 Å². The van der Waals surface area contributed by atoms with Gasteiger partial charge in [-0.3, -0.25) is 9.78 Å². The number of pyridine rings is 1. The summed E-state index contributed by atoms with van der Waals surface area (Å²) in [5.74, 6) is 0.00415. The van der Waals surface area contributed by atoms with Gasteiger partial charge in [0.1, 0.15) is 22.4 Å². The first kappa shape index (κ1) is 23.2. The Morgan fingerprint density at radius 3 is 2.64 bits per heavy atom. The van der Waals surface area contributed by atoms with Gasteiger partial charge >= 0.3 is 0 Å². The predicted octanol–water partition coefficient (Wildman–Crippen LogP) is 0.438. The lowest BCUT2D eigenvalue weighted by Gasteiger charge is -2.21. The molecule has 0 bridgehead atoms. The first-order chi connectivity index (χ1) is 15.8. The van der Waals surface area contributed by atoms with E-state index in [9.17, 15) is 20.1 Å².